The Kier molecular flexibility index (Phi) is 5.96. The summed E-state index contributed by atoms with van der Waals surface area (Å²) in [5.74, 6) is -0.598. The largest absolute Gasteiger partial charge is 0.468 e. The molecule has 34 heavy (non-hydrogen) atoms. The normalized spacial score (nSPS) is 30.9. The van der Waals surface area contributed by atoms with Gasteiger partial charge in [0.15, 0.2) is 5.41 Å². The molecule has 0 aliphatic heterocycles. The maximum Gasteiger partial charge on any atom is 0.323 e. The molecule has 0 unspecified atom stereocenters. The lowest BCUT2D eigenvalue weighted by Crippen LogP contribution is -2.61. The van der Waals surface area contributed by atoms with Crippen molar-refractivity contribution < 1.29 is 19.1 Å². The van der Waals surface area contributed by atoms with Gasteiger partial charge in [0.25, 0.3) is 0 Å². The average Bonchev–Trinajstić information content (AvgIpc) is 3.26. The van der Waals surface area contributed by atoms with Gasteiger partial charge in [-0.15, -0.1) is 6.58 Å². The molecule has 0 spiro atoms. The molecule has 0 heterocycles. The number of aryl methyl sites for hydroxylation is 1. The van der Waals surface area contributed by atoms with Gasteiger partial charge in [-0.25, -0.2) is 0 Å². The quantitative estimate of drug-likeness (QED) is 0.281. The van der Waals surface area contributed by atoms with Gasteiger partial charge in [0, 0.05) is 15.8 Å². The van der Waals surface area contributed by atoms with Crippen molar-refractivity contribution in [3.05, 3.63) is 82.3 Å². The zero-order valence-electron chi connectivity index (χ0n) is 19.8. The summed E-state index contributed by atoms with van der Waals surface area (Å²) in [5.41, 5.74) is 1.67. The third-order valence-electron chi connectivity index (χ3n) is 9.06. The molecule has 2 fully saturated rings. The molecule has 0 radical (unpaired) electrons. The zero-order valence-corrected chi connectivity index (χ0v) is 21.3. The third kappa shape index (κ3) is 3.08. The summed E-state index contributed by atoms with van der Waals surface area (Å²) in [6, 6.07) is 16.7. The van der Waals surface area contributed by atoms with Crippen molar-refractivity contribution in [3.63, 3.8) is 0 Å². The van der Waals surface area contributed by atoms with Gasteiger partial charge in [0.05, 0.1) is 14.2 Å². The number of ether oxygens (including phenoxy) is 2. The highest BCUT2D eigenvalue weighted by atomic mass is 79.9. The van der Waals surface area contributed by atoms with Crippen LogP contribution in [0.15, 0.2) is 65.7 Å². The number of esters is 2. The Bertz CT molecular complexity index is 1110. The number of carbonyl (C=O) groups is 2. The first-order valence-electron chi connectivity index (χ1n) is 12.1. The molecule has 2 aromatic rings. The van der Waals surface area contributed by atoms with Crippen molar-refractivity contribution >= 4 is 27.9 Å². The van der Waals surface area contributed by atoms with E-state index in [1.165, 1.54) is 19.8 Å². The van der Waals surface area contributed by atoms with Gasteiger partial charge in [-0.1, -0.05) is 58.4 Å². The van der Waals surface area contributed by atoms with Gasteiger partial charge < -0.3 is 9.47 Å². The molecule has 5 heteroatoms. The van der Waals surface area contributed by atoms with Crippen LogP contribution in [0.2, 0.25) is 0 Å². The lowest BCUT2D eigenvalue weighted by Gasteiger charge is -2.58. The van der Waals surface area contributed by atoms with E-state index >= 15 is 0 Å². The van der Waals surface area contributed by atoms with E-state index in [4.69, 9.17) is 9.47 Å². The van der Waals surface area contributed by atoms with Crippen molar-refractivity contribution in [2.24, 2.45) is 23.2 Å². The van der Waals surface area contributed by atoms with Gasteiger partial charge >= 0.3 is 11.9 Å². The smallest absolute Gasteiger partial charge is 0.323 e. The van der Waals surface area contributed by atoms with Gasteiger partial charge in [-0.3, -0.25) is 9.59 Å². The van der Waals surface area contributed by atoms with Crippen molar-refractivity contribution in [3.8, 4) is 0 Å². The van der Waals surface area contributed by atoms with E-state index in [1.807, 2.05) is 18.2 Å². The molecule has 4 nitrogen and oxygen atoms in total. The molecule has 0 bridgehead atoms. The van der Waals surface area contributed by atoms with E-state index < -0.39 is 22.8 Å². The van der Waals surface area contributed by atoms with E-state index in [-0.39, 0.29) is 17.8 Å². The molecule has 2 saturated carbocycles. The number of methoxy groups -OCH3 is 2. The predicted molar refractivity (Wildman–Crippen MR) is 134 cm³/mol. The Morgan fingerprint density at radius 2 is 1.68 bits per heavy atom. The number of allylic oxidation sites excluding steroid dienone is 1. The van der Waals surface area contributed by atoms with E-state index in [0.29, 0.717) is 12.3 Å². The first-order valence-corrected chi connectivity index (χ1v) is 12.9. The Balaban J connectivity index is 1.82. The van der Waals surface area contributed by atoms with Gasteiger partial charge in [-0.2, -0.15) is 0 Å². The number of carbonyl (C=O) groups excluding carboxylic acids is 2. The molecular weight excluding hydrogens is 492 g/mol. The van der Waals surface area contributed by atoms with E-state index in [0.717, 1.165) is 41.3 Å². The maximum atomic E-state index is 13.8. The Morgan fingerprint density at radius 3 is 2.32 bits per heavy atom. The fraction of sp³-hybridized carbons (Fsp3) is 0.448. The Morgan fingerprint density at radius 1 is 1.00 bits per heavy atom. The van der Waals surface area contributed by atoms with E-state index in [1.54, 1.807) is 0 Å². The highest BCUT2D eigenvalue weighted by Gasteiger charge is 2.70. The molecule has 0 aromatic heterocycles. The molecule has 0 N–H and O–H groups in total. The average molecular weight is 523 g/mol. The van der Waals surface area contributed by atoms with Crippen LogP contribution < -0.4 is 0 Å². The van der Waals surface area contributed by atoms with Gasteiger partial charge in [0.2, 0.25) is 0 Å². The molecule has 178 valence electrons. The molecule has 0 saturated heterocycles. The Labute approximate surface area is 209 Å². The van der Waals surface area contributed by atoms with Crippen LogP contribution in [0.25, 0.3) is 0 Å². The zero-order chi connectivity index (χ0) is 24.1. The molecule has 0 amide bonds. The van der Waals surface area contributed by atoms with Crippen molar-refractivity contribution in [1.29, 1.82) is 0 Å². The third-order valence-corrected chi connectivity index (χ3v) is 9.59. The summed E-state index contributed by atoms with van der Waals surface area (Å²) in [4.78, 5) is 27.6. The summed E-state index contributed by atoms with van der Waals surface area (Å²) in [6.07, 6.45) is 6.32. The van der Waals surface area contributed by atoms with Crippen LogP contribution in [-0.2, 0) is 30.9 Å². The SMILES string of the molecule is C=C[C@H]1CC[C@@H]2[C@H]3CCc4ccccc4[C@H]3C(C(=O)OC)(C(=O)OC)C[C@@]21c1ccc(Br)cc1. The molecule has 5 atom stereocenters. The highest BCUT2D eigenvalue weighted by molar-refractivity contribution is 9.10. The molecule has 3 aliphatic rings. The second kappa shape index (κ2) is 8.67. The maximum absolute atomic E-state index is 13.8. The summed E-state index contributed by atoms with van der Waals surface area (Å²) in [7, 11) is 2.77. The van der Waals surface area contributed by atoms with E-state index in [2.05, 4.69) is 58.9 Å². The highest BCUT2D eigenvalue weighted by Crippen LogP contribution is 2.69. The molecule has 3 aliphatic carbocycles. The summed E-state index contributed by atoms with van der Waals surface area (Å²) in [6.45, 7) is 4.20. The number of rotatable bonds is 4. The fourth-order valence-electron chi connectivity index (χ4n) is 7.89. The van der Waals surface area contributed by atoms with Gasteiger partial charge in [0.1, 0.15) is 0 Å². The number of hydrogen-bond donors (Lipinski definition) is 0. The lowest BCUT2D eigenvalue weighted by atomic mass is 9.43. The van der Waals surface area contributed by atoms with Gasteiger partial charge in [-0.05, 0) is 78.7 Å². The van der Waals surface area contributed by atoms with Crippen LogP contribution >= 0.6 is 15.9 Å². The molecule has 2 aromatic carbocycles. The van der Waals surface area contributed by atoms with Crippen LogP contribution in [-0.4, -0.2) is 26.2 Å². The summed E-state index contributed by atoms with van der Waals surface area (Å²) < 4.78 is 11.9. The number of halogens is 1. The minimum Gasteiger partial charge on any atom is -0.468 e. The second-order valence-electron chi connectivity index (χ2n) is 10.1. The standard InChI is InChI=1S/C29H31BrO4/c1-4-19-12-16-24-23-15-9-18-7-5-6-8-22(18)25(23)29(26(31)33-2,27(32)34-3)17-28(19,24)20-10-13-21(30)14-11-20/h4-8,10-11,13-14,19,23-25H,1,9,12,15-17H2,2-3H3/t19-,23+,24+,25+,28+/m0/s1. The monoisotopic (exact) mass is 522 g/mol. The first-order chi connectivity index (χ1) is 16.4. The van der Waals surface area contributed by atoms with Crippen LogP contribution in [0, 0.1) is 23.2 Å². The van der Waals surface area contributed by atoms with E-state index in [9.17, 15) is 9.59 Å². The minimum atomic E-state index is -1.42. The predicted octanol–water partition coefficient (Wildman–Crippen LogP) is 5.98. The fourth-order valence-corrected chi connectivity index (χ4v) is 8.16. The van der Waals surface area contributed by atoms with Crippen molar-refractivity contribution in [2.45, 2.75) is 43.4 Å². The molecular formula is C29H31BrO4. The number of benzene rings is 2. The van der Waals surface area contributed by atoms with Crippen molar-refractivity contribution in [1.82, 2.24) is 0 Å². The Hall–Kier alpha value is -2.40. The minimum absolute atomic E-state index is 0.158. The van der Waals surface area contributed by atoms with Crippen LogP contribution in [0.4, 0.5) is 0 Å². The summed E-state index contributed by atoms with van der Waals surface area (Å²) in [5, 5.41) is 0. The number of fused-ring (bicyclic) bond motifs is 5. The van der Waals surface area contributed by atoms with Crippen molar-refractivity contribution in [2.75, 3.05) is 14.2 Å². The van der Waals surface area contributed by atoms with Crippen LogP contribution in [0.3, 0.4) is 0 Å². The second-order valence-corrected chi connectivity index (χ2v) is 11.0. The molecule has 5 rings (SSSR count). The first kappa shape index (κ1) is 23.3. The summed E-state index contributed by atoms with van der Waals surface area (Å²) >= 11 is 3.57. The van der Waals surface area contributed by atoms with Crippen LogP contribution in [0.5, 0.6) is 0 Å². The topological polar surface area (TPSA) is 52.6 Å². The number of hydrogen-bond acceptors (Lipinski definition) is 4. The lowest BCUT2D eigenvalue weighted by molar-refractivity contribution is -0.181. The van der Waals surface area contributed by atoms with Crippen LogP contribution in [0.1, 0.15) is 48.3 Å².